The van der Waals surface area contributed by atoms with Crippen molar-refractivity contribution >= 4 is 23.4 Å². The lowest BCUT2D eigenvalue weighted by atomic mass is 10.1. The van der Waals surface area contributed by atoms with Crippen LogP contribution in [-0.4, -0.2) is 22.6 Å². The summed E-state index contributed by atoms with van der Waals surface area (Å²) in [5, 5.41) is 12.3. The van der Waals surface area contributed by atoms with E-state index in [0.29, 0.717) is 11.7 Å². The molecule has 0 radical (unpaired) electrons. The van der Waals surface area contributed by atoms with E-state index in [1.54, 1.807) is 0 Å². The molecule has 1 aliphatic rings. The smallest absolute Gasteiger partial charge is 0.337 e. The molecule has 1 aliphatic carbocycles. The van der Waals surface area contributed by atoms with Crippen LogP contribution in [0.1, 0.15) is 36.0 Å². The van der Waals surface area contributed by atoms with Gasteiger partial charge in [-0.2, -0.15) is 0 Å². The van der Waals surface area contributed by atoms with Crippen LogP contribution in [0.3, 0.4) is 0 Å². The molecule has 0 aliphatic heterocycles. The molecule has 92 valence electrons. The number of aromatic nitrogens is 1. The fourth-order valence-corrected chi connectivity index (χ4v) is 2.45. The molecule has 1 fully saturated rings. The van der Waals surface area contributed by atoms with Crippen LogP contribution in [0.4, 0.5) is 5.82 Å². The molecule has 0 spiro atoms. The van der Waals surface area contributed by atoms with Crippen LogP contribution in [-0.2, 0) is 0 Å². The maximum atomic E-state index is 10.9. The molecule has 5 heteroatoms. The molecular weight excluding hydrogens is 240 g/mol. The van der Waals surface area contributed by atoms with E-state index in [-0.39, 0.29) is 10.6 Å². The Bertz CT molecular complexity index is 417. The lowest BCUT2D eigenvalue weighted by Crippen LogP contribution is -2.13. The summed E-state index contributed by atoms with van der Waals surface area (Å²) in [6, 6.07) is 1.41. The highest BCUT2D eigenvalue weighted by Gasteiger charge is 2.17. The van der Waals surface area contributed by atoms with Crippen molar-refractivity contribution in [3.63, 3.8) is 0 Å². The molecule has 1 saturated carbocycles. The van der Waals surface area contributed by atoms with Gasteiger partial charge in [0, 0.05) is 12.7 Å². The van der Waals surface area contributed by atoms with E-state index in [0.717, 1.165) is 6.54 Å². The third-order valence-electron chi connectivity index (χ3n) is 3.15. The summed E-state index contributed by atoms with van der Waals surface area (Å²) in [5.74, 6) is 0.0983. The van der Waals surface area contributed by atoms with Crippen LogP contribution in [0.25, 0.3) is 0 Å². The van der Waals surface area contributed by atoms with Gasteiger partial charge in [-0.25, -0.2) is 9.78 Å². The quantitative estimate of drug-likeness (QED) is 0.867. The number of hydrogen-bond donors (Lipinski definition) is 2. The summed E-state index contributed by atoms with van der Waals surface area (Å²) in [6.45, 7) is 0.815. The zero-order chi connectivity index (χ0) is 12.3. The van der Waals surface area contributed by atoms with Gasteiger partial charge < -0.3 is 10.4 Å². The average molecular weight is 255 g/mol. The van der Waals surface area contributed by atoms with E-state index < -0.39 is 5.97 Å². The molecule has 0 aromatic carbocycles. The average Bonchev–Trinajstić information content (AvgIpc) is 2.80. The minimum atomic E-state index is -1.03. The maximum absolute atomic E-state index is 10.9. The molecule has 0 atom stereocenters. The SMILES string of the molecule is O=C(O)c1ccnc(NCC2CCCC2)c1Cl. The number of pyridine rings is 1. The Labute approximate surface area is 105 Å². The number of carbonyl (C=O) groups is 1. The van der Waals surface area contributed by atoms with Crippen LogP contribution in [0.5, 0.6) is 0 Å². The van der Waals surface area contributed by atoms with E-state index in [1.165, 1.54) is 37.9 Å². The molecule has 2 rings (SSSR count). The van der Waals surface area contributed by atoms with Crippen LogP contribution in [0.15, 0.2) is 12.3 Å². The number of aromatic carboxylic acids is 1. The van der Waals surface area contributed by atoms with Gasteiger partial charge in [-0.3, -0.25) is 0 Å². The van der Waals surface area contributed by atoms with Crippen molar-refractivity contribution in [2.75, 3.05) is 11.9 Å². The van der Waals surface area contributed by atoms with E-state index in [4.69, 9.17) is 16.7 Å². The third-order valence-corrected chi connectivity index (χ3v) is 3.54. The minimum Gasteiger partial charge on any atom is -0.478 e. The fraction of sp³-hybridized carbons (Fsp3) is 0.500. The number of anilines is 1. The molecule has 0 bridgehead atoms. The van der Waals surface area contributed by atoms with Crippen molar-refractivity contribution in [2.24, 2.45) is 5.92 Å². The summed E-state index contributed by atoms with van der Waals surface area (Å²) in [4.78, 5) is 15.0. The van der Waals surface area contributed by atoms with Gasteiger partial charge in [-0.05, 0) is 24.8 Å². The number of hydrogen-bond acceptors (Lipinski definition) is 3. The zero-order valence-corrected chi connectivity index (χ0v) is 10.2. The second kappa shape index (κ2) is 5.36. The second-order valence-electron chi connectivity index (χ2n) is 4.36. The highest BCUT2D eigenvalue weighted by molar-refractivity contribution is 6.35. The first-order valence-corrected chi connectivity index (χ1v) is 6.18. The third kappa shape index (κ3) is 2.88. The van der Waals surface area contributed by atoms with E-state index in [9.17, 15) is 4.79 Å². The van der Waals surface area contributed by atoms with Crippen molar-refractivity contribution in [2.45, 2.75) is 25.7 Å². The fourth-order valence-electron chi connectivity index (χ4n) is 2.19. The largest absolute Gasteiger partial charge is 0.478 e. The van der Waals surface area contributed by atoms with Gasteiger partial charge >= 0.3 is 5.97 Å². The summed E-state index contributed by atoms with van der Waals surface area (Å²) < 4.78 is 0. The molecule has 0 unspecified atom stereocenters. The lowest BCUT2D eigenvalue weighted by molar-refractivity contribution is 0.0697. The molecule has 2 N–H and O–H groups in total. The molecule has 0 amide bonds. The lowest BCUT2D eigenvalue weighted by Gasteiger charge is -2.12. The molecule has 4 nitrogen and oxygen atoms in total. The van der Waals surface area contributed by atoms with Crippen molar-refractivity contribution < 1.29 is 9.90 Å². The van der Waals surface area contributed by atoms with E-state index >= 15 is 0 Å². The van der Waals surface area contributed by atoms with Crippen LogP contribution in [0.2, 0.25) is 5.02 Å². The summed E-state index contributed by atoms with van der Waals surface area (Å²) >= 11 is 5.98. The first-order chi connectivity index (χ1) is 8.18. The van der Waals surface area contributed by atoms with Gasteiger partial charge in [0.25, 0.3) is 0 Å². The van der Waals surface area contributed by atoms with E-state index in [2.05, 4.69) is 10.3 Å². The molecule has 17 heavy (non-hydrogen) atoms. The monoisotopic (exact) mass is 254 g/mol. The normalized spacial score (nSPS) is 16.1. The number of nitrogens with zero attached hydrogens (tertiary/aromatic N) is 1. The van der Waals surface area contributed by atoms with Crippen LogP contribution < -0.4 is 5.32 Å². The Hall–Kier alpha value is -1.29. The van der Waals surface area contributed by atoms with Gasteiger partial charge in [0.1, 0.15) is 5.82 Å². The highest BCUT2D eigenvalue weighted by Crippen LogP contribution is 2.27. The maximum Gasteiger partial charge on any atom is 0.337 e. The molecule has 1 heterocycles. The Balaban J connectivity index is 2.04. The highest BCUT2D eigenvalue weighted by atomic mass is 35.5. The predicted molar refractivity (Wildman–Crippen MR) is 66.7 cm³/mol. The van der Waals surface area contributed by atoms with Crippen molar-refractivity contribution in [3.05, 3.63) is 22.8 Å². The van der Waals surface area contributed by atoms with Crippen LogP contribution >= 0.6 is 11.6 Å². The summed E-state index contributed by atoms with van der Waals surface area (Å²) in [7, 11) is 0. The standard InChI is InChI=1S/C12H15ClN2O2/c13-10-9(12(16)17)5-6-14-11(10)15-7-8-3-1-2-4-8/h5-6,8H,1-4,7H2,(H,14,15)(H,16,17). The van der Waals surface area contributed by atoms with Gasteiger partial charge in [-0.15, -0.1) is 0 Å². The number of carboxylic acids is 1. The summed E-state index contributed by atoms with van der Waals surface area (Å²) in [5.41, 5.74) is 0.0931. The molecule has 1 aromatic heterocycles. The first-order valence-electron chi connectivity index (χ1n) is 5.80. The Morgan fingerprint density at radius 2 is 2.24 bits per heavy atom. The van der Waals surface area contributed by atoms with Crippen LogP contribution in [0, 0.1) is 5.92 Å². The van der Waals surface area contributed by atoms with Gasteiger partial charge in [0.05, 0.1) is 10.6 Å². The molecule has 1 aromatic rings. The number of halogens is 1. The Kier molecular flexibility index (Phi) is 3.84. The second-order valence-corrected chi connectivity index (χ2v) is 4.74. The molecular formula is C12H15ClN2O2. The van der Waals surface area contributed by atoms with E-state index in [1.807, 2.05) is 0 Å². The van der Waals surface area contributed by atoms with Gasteiger partial charge in [0.2, 0.25) is 0 Å². The number of nitrogens with one attached hydrogen (secondary N) is 1. The Morgan fingerprint density at radius 1 is 1.53 bits per heavy atom. The molecule has 0 saturated heterocycles. The van der Waals surface area contributed by atoms with Crippen molar-refractivity contribution in [1.82, 2.24) is 4.98 Å². The summed E-state index contributed by atoms with van der Waals surface area (Å²) in [6.07, 6.45) is 6.48. The number of carboxylic acid groups (broad SMARTS) is 1. The predicted octanol–water partition coefficient (Wildman–Crippen LogP) is 3.04. The van der Waals surface area contributed by atoms with Crippen molar-refractivity contribution in [3.8, 4) is 0 Å². The topological polar surface area (TPSA) is 62.2 Å². The van der Waals surface area contributed by atoms with Gasteiger partial charge in [0.15, 0.2) is 0 Å². The number of rotatable bonds is 4. The zero-order valence-electron chi connectivity index (χ0n) is 9.45. The van der Waals surface area contributed by atoms with Gasteiger partial charge in [-0.1, -0.05) is 24.4 Å². The first kappa shape index (κ1) is 12.2. The Morgan fingerprint density at radius 3 is 2.88 bits per heavy atom. The van der Waals surface area contributed by atoms with Crippen molar-refractivity contribution in [1.29, 1.82) is 0 Å². The minimum absolute atomic E-state index is 0.0931.